The van der Waals surface area contributed by atoms with Crippen molar-refractivity contribution in [3.63, 3.8) is 0 Å². The van der Waals surface area contributed by atoms with Gasteiger partial charge in [0, 0.05) is 17.9 Å². The van der Waals surface area contributed by atoms with Crippen LogP contribution in [0.2, 0.25) is 5.02 Å². The minimum absolute atomic E-state index is 0.510. The molecule has 0 fully saturated rings. The molecule has 0 aliphatic carbocycles. The average molecular weight is 212 g/mol. The standard InChI is InChI=1S/C12H18ClN/c1-5-7-14-10(4)8-11(13)12(14)9(3)6-2/h5,8-9H,1,6-7H2,2-4H3. The molecule has 78 valence electrons. The Labute approximate surface area is 91.4 Å². The number of hydrogen-bond acceptors (Lipinski definition) is 0. The van der Waals surface area contributed by atoms with Gasteiger partial charge in [-0.15, -0.1) is 6.58 Å². The predicted octanol–water partition coefficient (Wildman–Crippen LogP) is 4.15. The molecule has 14 heavy (non-hydrogen) atoms. The highest BCUT2D eigenvalue weighted by atomic mass is 35.5. The lowest BCUT2D eigenvalue weighted by Gasteiger charge is -2.14. The average Bonchev–Trinajstić information content (AvgIpc) is 2.42. The van der Waals surface area contributed by atoms with Crippen molar-refractivity contribution in [1.29, 1.82) is 0 Å². The second kappa shape index (κ2) is 4.70. The molecule has 0 N–H and O–H groups in total. The molecule has 0 saturated heterocycles. The molecule has 0 aliphatic rings. The van der Waals surface area contributed by atoms with Crippen LogP contribution in [-0.4, -0.2) is 4.57 Å². The van der Waals surface area contributed by atoms with Gasteiger partial charge in [0.25, 0.3) is 0 Å². The number of hydrogen-bond donors (Lipinski definition) is 0. The van der Waals surface area contributed by atoms with Crippen molar-refractivity contribution in [1.82, 2.24) is 4.57 Å². The van der Waals surface area contributed by atoms with Crippen molar-refractivity contribution in [2.45, 2.75) is 39.7 Å². The van der Waals surface area contributed by atoms with Gasteiger partial charge in [-0.1, -0.05) is 31.5 Å². The molecule has 0 amide bonds. The summed E-state index contributed by atoms with van der Waals surface area (Å²) in [6.07, 6.45) is 3.02. The Bertz CT molecular complexity index is 325. The summed E-state index contributed by atoms with van der Waals surface area (Å²) in [7, 11) is 0. The quantitative estimate of drug-likeness (QED) is 0.660. The lowest BCUT2D eigenvalue weighted by molar-refractivity contribution is 0.637. The van der Waals surface area contributed by atoms with Crippen LogP contribution in [0.25, 0.3) is 0 Å². The maximum absolute atomic E-state index is 6.20. The van der Waals surface area contributed by atoms with E-state index in [1.54, 1.807) is 0 Å². The van der Waals surface area contributed by atoms with E-state index in [9.17, 15) is 0 Å². The number of allylic oxidation sites excluding steroid dienone is 1. The zero-order valence-corrected chi connectivity index (χ0v) is 9.93. The normalized spacial score (nSPS) is 12.9. The summed E-state index contributed by atoms with van der Waals surface area (Å²) in [6.45, 7) is 11.1. The van der Waals surface area contributed by atoms with Crippen LogP contribution in [0.4, 0.5) is 0 Å². The molecule has 1 unspecified atom stereocenters. The van der Waals surface area contributed by atoms with Gasteiger partial charge in [-0.3, -0.25) is 0 Å². The van der Waals surface area contributed by atoms with Crippen LogP contribution in [0.5, 0.6) is 0 Å². The zero-order valence-electron chi connectivity index (χ0n) is 9.18. The summed E-state index contributed by atoms with van der Waals surface area (Å²) in [4.78, 5) is 0. The lowest BCUT2D eigenvalue weighted by atomic mass is 10.1. The van der Waals surface area contributed by atoms with Gasteiger partial charge in [0.15, 0.2) is 0 Å². The summed E-state index contributed by atoms with van der Waals surface area (Å²) in [5.74, 6) is 0.510. The number of nitrogens with zero attached hydrogens (tertiary/aromatic N) is 1. The largest absolute Gasteiger partial charge is 0.343 e. The van der Waals surface area contributed by atoms with Crippen LogP contribution >= 0.6 is 11.6 Å². The van der Waals surface area contributed by atoms with Crippen molar-refractivity contribution in [2.24, 2.45) is 0 Å². The molecule has 2 heteroatoms. The molecule has 1 nitrogen and oxygen atoms in total. The monoisotopic (exact) mass is 211 g/mol. The maximum Gasteiger partial charge on any atom is 0.0620 e. The van der Waals surface area contributed by atoms with Crippen molar-refractivity contribution < 1.29 is 0 Å². The SMILES string of the molecule is C=CCn1c(C)cc(Cl)c1C(C)CC. The first-order chi connectivity index (χ1) is 6.61. The first-order valence-electron chi connectivity index (χ1n) is 5.08. The van der Waals surface area contributed by atoms with E-state index in [1.165, 1.54) is 11.4 Å². The summed E-state index contributed by atoms with van der Waals surface area (Å²) in [6, 6.07) is 2.03. The highest BCUT2D eigenvalue weighted by molar-refractivity contribution is 6.31. The molecule has 0 radical (unpaired) electrons. The summed E-state index contributed by atoms with van der Waals surface area (Å²) < 4.78 is 2.24. The summed E-state index contributed by atoms with van der Waals surface area (Å²) >= 11 is 6.20. The Morgan fingerprint density at radius 1 is 1.64 bits per heavy atom. The van der Waals surface area contributed by atoms with Crippen LogP contribution in [-0.2, 0) is 6.54 Å². The van der Waals surface area contributed by atoms with Crippen molar-refractivity contribution in [2.75, 3.05) is 0 Å². The van der Waals surface area contributed by atoms with Gasteiger partial charge in [0.2, 0.25) is 0 Å². The van der Waals surface area contributed by atoms with Gasteiger partial charge >= 0.3 is 0 Å². The molecule has 1 heterocycles. The molecule has 0 saturated carbocycles. The highest BCUT2D eigenvalue weighted by Gasteiger charge is 2.15. The molecule has 1 aromatic heterocycles. The van der Waals surface area contributed by atoms with Gasteiger partial charge in [-0.2, -0.15) is 0 Å². The highest BCUT2D eigenvalue weighted by Crippen LogP contribution is 2.29. The van der Waals surface area contributed by atoms with E-state index < -0.39 is 0 Å². The predicted molar refractivity (Wildman–Crippen MR) is 63.1 cm³/mol. The number of aromatic nitrogens is 1. The van der Waals surface area contributed by atoms with Crippen molar-refractivity contribution in [3.05, 3.63) is 35.1 Å². The number of halogens is 1. The van der Waals surface area contributed by atoms with Gasteiger partial charge in [-0.05, 0) is 25.3 Å². The molecule has 1 rings (SSSR count). The topological polar surface area (TPSA) is 4.93 Å². The third-order valence-electron chi connectivity index (χ3n) is 2.69. The maximum atomic E-state index is 6.20. The Morgan fingerprint density at radius 3 is 2.79 bits per heavy atom. The van der Waals surface area contributed by atoms with Crippen molar-refractivity contribution >= 4 is 11.6 Å². The fourth-order valence-corrected chi connectivity index (χ4v) is 2.17. The summed E-state index contributed by atoms with van der Waals surface area (Å²) in [5.41, 5.74) is 2.46. The van der Waals surface area contributed by atoms with Crippen LogP contribution < -0.4 is 0 Å². The van der Waals surface area contributed by atoms with E-state index in [4.69, 9.17) is 11.6 Å². The third-order valence-corrected chi connectivity index (χ3v) is 2.99. The smallest absolute Gasteiger partial charge is 0.0620 e. The molecule has 0 aromatic carbocycles. The molecule has 0 aliphatic heterocycles. The van der Waals surface area contributed by atoms with Crippen LogP contribution in [0, 0.1) is 6.92 Å². The molecule has 1 atom stereocenters. The molecule has 0 bridgehead atoms. The Hall–Kier alpha value is -0.690. The van der Waals surface area contributed by atoms with E-state index in [0.29, 0.717) is 5.92 Å². The third kappa shape index (κ3) is 2.03. The first-order valence-corrected chi connectivity index (χ1v) is 5.46. The summed E-state index contributed by atoms with van der Waals surface area (Å²) in [5, 5.41) is 0.888. The van der Waals surface area contributed by atoms with Gasteiger partial charge in [0.1, 0.15) is 0 Å². The lowest BCUT2D eigenvalue weighted by Crippen LogP contribution is -2.06. The Kier molecular flexibility index (Phi) is 3.82. The van der Waals surface area contributed by atoms with E-state index in [0.717, 1.165) is 18.0 Å². The van der Waals surface area contributed by atoms with Crippen LogP contribution in [0.15, 0.2) is 18.7 Å². The van der Waals surface area contributed by atoms with Crippen molar-refractivity contribution in [3.8, 4) is 0 Å². The van der Waals surface area contributed by atoms with Gasteiger partial charge in [0.05, 0.1) is 5.02 Å². The molecular weight excluding hydrogens is 194 g/mol. The fraction of sp³-hybridized carbons (Fsp3) is 0.500. The van der Waals surface area contributed by atoms with E-state index in [2.05, 4.69) is 31.9 Å². The molecular formula is C12H18ClN. The van der Waals surface area contributed by atoms with E-state index in [1.807, 2.05) is 12.1 Å². The second-order valence-corrected chi connectivity index (χ2v) is 4.13. The van der Waals surface area contributed by atoms with Crippen LogP contribution in [0.3, 0.4) is 0 Å². The Balaban J connectivity index is 3.16. The molecule has 0 spiro atoms. The molecule has 1 aromatic rings. The number of aryl methyl sites for hydroxylation is 1. The van der Waals surface area contributed by atoms with Gasteiger partial charge < -0.3 is 4.57 Å². The first kappa shape index (κ1) is 11.4. The number of rotatable bonds is 4. The van der Waals surface area contributed by atoms with Crippen LogP contribution in [0.1, 0.15) is 37.6 Å². The second-order valence-electron chi connectivity index (χ2n) is 3.73. The van der Waals surface area contributed by atoms with E-state index >= 15 is 0 Å². The minimum atomic E-state index is 0.510. The van der Waals surface area contributed by atoms with E-state index in [-0.39, 0.29) is 0 Å². The zero-order chi connectivity index (χ0) is 10.7. The fourth-order valence-electron chi connectivity index (χ4n) is 1.72. The van der Waals surface area contributed by atoms with Gasteiger partial charge in [-0.25, -0.2) is 0 Å². The minimum Gasteiger partial charge on any atom is -0.343 e. The Morgan fingerprint density at radius 2 is 2.29 bits per heavy atom.